The van der Waals surface area contributed by atoms with E-state index in [1.807, 2.05) is 41.3 Å². The highest BCUT2D eigenvalue weighted by molar-refractivity contribution is 5.98. The molecule has 2 heterocycles. The number of benzene rings is 3. The Balaban J connectivity index is 1.54. The number of likely N-dealkylation sites (tertiary alicyclic amines) is 1. The first-order chi connectivity index (χ1) is 15.1. The number of hydrogen-bond acceptors (Lipinski definition) is 3. The summed E-state index contributed by atoms with van der Waals surface area (Å²) in [6.45, 7) is 5.77. The highest BCUT2D eigenvalue weighted by Gasteiger charge is 2.44. The van der Waals surface area contributed by atoms with Crippen molar-refractivity contribution in [3.05, 3.63) is 83.4 Å². The lowest BCUT2D eigenvalue weighted by Gasteiger charge is -2.39. The van der Waals surface area contributed by atoms with Gasteiger partial charge in [-0.1, -0.05) is 48.0 Å². The predicted molar refractivity (Wildman–Crippen MR) is 123 cm³/mol. The third-order valence-electron chi connectivity index (χ3n) is 6.68. The maximum atomic E-state index is 13.3. The Kier molecular flexibility index (Phi) is 4.84. The number of nitriles is 1. The molecule has 4 heteroatoms. The Morgan fingerprint density at radius 2 is 1.65 bits per heavy atom. The van der Waals surface area contributed by atoms with E-state index in [2.05, 4.69) is 48.6 Å². The van der Waals surface area contributed by atoms with Crippen LogP contribution < -0.4 is 5.32 Å². The fraction of sp³-hybridized carbons (Fsp3) is 0.259. The molecule has 0 aromatic heterocycles. The van der Waals surface area contributed by atoms with Crippen LogP contribution in [-0.4, -0.2) is 37.0 Å². The molecule has 0 bridgehead atoms. The molecule has 5 rings (SSSR count). The molecule has 31 heavy (non-hydrogen) atoms. The van der Waals surface area contributed by atoms with Crippen LogP contribution in [0.4, 0.5) is 0 Å². The van der Waals surface area contributed by atoms with Crippen LogP contribution in [0.15, 0.2) is 66.7 Å². The largest absolute Gasteiger partial charge is 0.338 e. The molecule has 0 atom stereocenters. The Morgan fingerprint density at radius 3 is 2.26 bits per heavy atom. The smallest absolute Gasteiger partial charge is 0.253 e. The molecule has 2 aliphatic rings. The number of carbonyl (C=O) groups is 1. The van der Waals surface area contributed by atoms with Gasteiger partial charge in [0.15, 0.2) is 0 Å². The van der Waals surface area contributed by atoms with E-state index in [4.69, 9.17) is 5.26 Å². The van der Waals surface area contributed by atoms with Crippen LogP contribution in [0.1, 0.15) is 27.9 Å². The minimum Gasteiger partial charge on any atom is -0.338 e. The minimum atomic E-state index is 0.106. The molecule has 0 aliphatic carbocycles. The summed E-state index contributed by atoms with van der Waals surface area (Å²) in [7, 11) is 0. The Labute approximate surface area is 183 Å². The van der Waals surface area contributed by atoms with Gasteiger partial charge in [-0.15, -0.1) is 0 Å². The van der Waals surface area contributed by atoms with Crippen molar-refractivity contribution >= 4 is 5.91 Å². The number of carbonyl (C=O) groups excluding carboxylic acids is 1. The molecular weight excluding hydrogens is 382 g/mol. The molecule has 0 unspecified atom stereocenters. The van der Waals surface area contributed by atoms with Crippen LogP contribution in [0.3, 0.4) is 0 Å². The highest BCUT2D eigenvalue weighted by atomic mass is 16.2. The van der Waals surface area contributed by atoms with E-state index in [1.54, 1.807) is 0 Å². The van der Waals surface area contributed by atoms with E-state index in [0.717, 1.165) is 60.4 Å². The average molecular weight is 408 g/mol. The van der Waals surface area contributed by atoms with Crippen molar-refractivity contribution in [3.63, 3.8) is 0 Å². The maximum absolute atomic E-state index is 13.3. The average Bonchev–Trinajstić information content (AvgIpc) is 3.26. The van der Waals surface area contributed by atoms with Gasteiger partial charge in [-0.25, -0.2) is 0 Å². The van der Waals surface area contributed by atoms with Crippen molar-refractivity contribution in [3.8, 4) is 28.3 Å². The lowest BCUT2D eigenvalue weighted by Crippen LogP contribution is -2.55. The topological polar surface area (TPSA) is 56.1 Å². The molecule has 1 N–H and O–H groups in total. The number of hydrogen-bond donors (Lipinski definition) is 1. The molecule has 2 saturated heterocycles. The molecule has 2 fully saturated rings. The van der Waals surface area contributed by atoms with E-state index in [0.29, 0.717) is 5.56 Å². The van der Waals surface area contributed by atoms with Gasteiger partial charge in [-0.3, -0.25) is 4.79 Å². The first kappa shape index (κ1) is 19.5. The van der Waals surface area contributed by atoms with Gasteiger partial charge in [-0.2, -0.15) is 5.26 Å². The molecule has 0 radical (unpaired) electrons. The molecule has 154 valence electrons. The van der Waals surface area contributed by atoms with Crippen LogP contribution in [0.5, 0.6) is 0 Å². The summed E-state index contributed by atoms with van der Waals surface area (Å²) >= 11 is 0. The highest BCUT2D eigenvalue weighted by Crippen LogP contribution is 2.37. The molecule has 0 saturated carbocycles. The Morgan fingerprint density at radius 1 is 0.968 bits per heavy atom. The third-order valence-corrected chi connectivity index (χ3v) is 6.68. The van der Waals surface area contributed by atoms with Gasteiger partial charge in [0.2, 0.25) is 0 Å². The van der Waals surface area contributed by atoms with Gasteiger partial charge in [0.05, 0.1) is 11.6 Å². The van der Waals surface area contributed by atoms with E-state index in [9.17, 15) is 4.79 Å². The summed E-state index contributed by atoms with van der Waals surface area (Å²) < 4.78 is 0. The summed E-state index contributed by atoms with van der Waals surface area (Å²) in [5.74, 6) is 0.106. The number of aryl methyl sites for hydroxylation is 1. The van der Waals surface area contributed by atoms with E-state index in [-0.39, 0.29) is 11.3 Å². The Hall–Kier alpha value is -3.42. The monoisotopic (exact) mass is 407 g/mol. The third kappa shape index (κ3) is 3.62. The van der Waals surface area contributed by atoms with Gasteiger partial charge in [-0.05, 0) is 59.9 Å². The normalized spacial score (nSPS) is 16.7. The van der Waals surface area contributed by atoms with Gasteiger partial charge in [0, 0.05) is 37.2 Å². The maximum Gasteiger partial charge on any atom is 0.253 e. The van der Waals surface area contributed by atoms with Crippen LogP contribution in [0, 0.1) is 23.7 Å². The van der Waals surface area contributed by atoms with Crippen molar-refractivity contribution in [2.45, 2.75) is 13.3 Å². The molecule has 1 amide bonds. The summed E-state index contributed by atoms with van der Waals surface area (Å²) in [5.41, 5.74) is 7.07. The van der Waals surface area contributed by atoms with Crippen molar-refractivity contribution in [2.75, 3.05) is 26.2 Å². The zero-order valence-electron chi connectivity index (χ0n) is 17.7. The van der Waals surface area contributed by atoms with Crippen molar-refractivity contribution in [2.24, 2.45) is 5.41 Å². The van der Waals surface area contributed by atoms with E-state index in [1.165, 1.54) is 5.56 Å². The van der Waals surface area contributed by atoms with Crippen molar-refractivity contribution in [1.29, 1.82) is 5.26 Å². The van der Waals surface area contributed by atoms with Gasteiger partial charge in [0.25, 0.3) is 5.91 Å². The molecule has 1 spiro atoms. The van der Waals surface area contributed by atoms with Crippen LogP contribution >= 0.6 is 0 Å². The second-order valence-corrected chi connectivity index (χ2v) is 8.90. The second-order valence-electron chi connectivity index (χ2n) is 8.90. The molecule has 4 nitrogen and oxygen atoms in total. The number of nitrogens with one attached hydrogen (secondary N) is 1. The molecule has 2 aliphatic heterocycles. The molecule has 3 aromatic carbocycles. The SMILES string of the molecule is Cc1ccc(-c2ccc(C(=O)N3CCC4(CNC4)C3)cc2-c2ccc(C#N)cc2)cc1. The number of rotatable bonds is 3. The van der Waals surface area contributed by atoms with E-state index >= 15 is 0 Å². The van der Waals surface area contributed by atoms with Crippen LogP contribution in [0.2, 0.25) is 0 Å². The minimum absolute atomic E-state index is 0.106. The first-order valence-corrected chi connectivity index (χ1v) is 10.8. The quantitative estimate of drug-likeness (QED) is 0.688. The fourth-order valence-corrected chi connectivity index (χ4v) is 4.68. The van der Waals surface area contributed by atoms with E-state index < -0.39 is 0 Å². The lowest BCUT2D eigenvalue weighted by atomic mass is 9.81. The van der Waals surface area contributed by atoms with Crippen molar-refractivity contribution in [1.82, 2.24) is 10.2 Å². The zero-order chi connectivity index (χ0) is 21.4. The lowest BCUT2D eigenvalue weighted by molar-refractivity contribution is 0.0752. The standard InChI is InChI=1S/C27H25N3O/c1-19-2-6-21(7-3-19)24-11-10-23(14-25(24)22-8-4-20(15-28)5-9-22)26(31)30-13-12-27(18-30)16-29-17-27/h2-11,14,29H,12-13,16-18H2,1H3. The number of nitrogens with zero attached hydrogens (tertiary/aromatic N) is 2. The fourth-order valence-electron chi connectivity index (χ4n) is 4.68. The Bertz CT molecular complexity index is 1170. The zero-order valence-corrected chi connectivity index (χ0v) is 17.7. The van der Waals surface area contributed by atoms with Gasteiger partial charge < -0.3 is 10.2 Å². The second kappa shape index (κ2) is 7.68. The molecular formula is C27H25N3O. The summed E-state index contributed by atoms with van der Waals surface area (Å²) in [6, 6.07) is 24.2. The molecule has 3 aromatic rings. The summed E-state index contributed by atoms with van der Waals surface area (Å²) in [4.78, 5) is 15.3. The van der Waals surface area contributed by atoms with Gasteiger partial charge >= 0.3 is 0 Å². The summed E-state index contributed by atoms with van der Waals surface area (Å²) in [5, 5.41) is 12.5. The van der Waals surface area contributed by atoms with Crippen LogP contribution in [-0.2, 0) is 0 Å². The van der Waals surface area contributed by atoms with Crippen LogP contribution in [0.25, 0.3) is 22.3 Å². The van der Waals surface area contributed by atoms with Crippen molar-refractivity contribution < 1.29 is 4.79 Å². The summed E-state index contributed by atoms with van der Waals surface area (Å²) in [6.07, 6.45) is 1.08. The number of amides is 1. The predicted octanol–water partition coefficient (Wildman–Crippen LogP) is 4.64. The first-order valence-electron chi connectivity index (χ1n) is 10.8. The van der Waals surface area contributed by atoms with Gasteiger partial charge in [0.1, 0.15) is 0 Å².